The zero-order chi connectivity index (χ0) is 14.4. The number of aromatic amines is 2. The minimum absolute atomic E-state index is 0.191. The average molecular weight is 277 g/mol. The fourth-order valence-corrected chi connectivity index (χ4v) is 2.60. The van der Waals surface area contributed by atoms with Crippen molar-refractivity contribution in [2.45, 2.75) is 0 Å². The summed E-state index contributed by atoms with van der Waals surface area (Å²) in [4.78, 5) is 15.4. The number of aromatic hydroxyl groups is 1. The van der Waals surface area contributed by atoms with Gasteiger partial charge in [-0.15, -0.1) is 0 Å². The molecule has 0 saturated heterocycles. The van der Waals surface area contributed by atoms with E-state index in [0.717, 1.165) is 16.5 Å². The van der Waals surface area contributed by atoms with Crippen molar-refractivity contribution in [2.75, 3.05) is 0 Å². The summed E-state index contributed by atoms with van der Waals surface area (Å²) in [6.45, 7) is 0. The Morgan fingerprint density at radius 1 is 1.00 bits per heavy atom. The third kappa shape index (κ3) is 1.71. The van der Waals surface area contributed by atoms with E-state index in [-0.39, 0.29) is 11.3 Å². The lowest BCUT2D eigenvalue weighted by Gasteiger charge is -2.02. The number of nitrogens with one attached hydrogen (secondary N) is 2. The largest absolute Gasteiger partial charge is 0.508 e. The van der Waals surface area contributed by atoms with Gasteiger partial charge in [0.1, 0.15) is 11.4 Å². The Morgan fingerprint density at radius 3 is 2.57 bits per heavy atom. The molecule has 0 amide bonds. The Balaban J connectivity index is 2.13. The van der Waals surface area contributed by atoms with Gasteiger partial charge < -0.3 is 10.1 Å². The molecule has 0 aliphatic carbocycles. The zero-order valence-electron chi connectivity index (χ0n) is 10.9. The first-order valence-electron chi connectivity index (χ1n) is 6.52. The number of para-hydroxylation sites is 1. The van der Waals surface area contributed by atoms with Crippen LogP contribution in [0.3, 0.4) is 0 Å². The third-order valence-electron chi connectivity index (χ3n) is 3.58. The van der Waals surface area contributed by atoms with E-state index in [1.165, 1.54) is 0 Å². The number of hydrogen-bond donors (Lipinski definition) is 3. The molecule has 0 saturated carbocycles. The highest BCUT2D eigenvalue weighted by Crippen LogP contribution is 2.29. The average Bonchev–Trinajstić information content (AvgIpc) is 2.89. The van der Waals surface area contributed by atoms with E-state index in [2.05, 4.69) is 15.2 Å². The fraction of sp³-hybridized carbons (Fsp3) is 0. The summed E-state index contributed by atoms with van der Waals surface area (Å²) in [6, 6.07) is 14.4. The van der Waals surface area contributed by atoms with Gasteiger partial charge in [0, 0.05) is 16.5 Å². The first-order chi connectivity index (χ1) is 10.2. The van der Waals surface area contributed by atoms with E-state index in [4.69, 9.17) is 0 Å². The Kier molecular flexibility index (Phi) is 2.35. The molecule has 0 atom stereocenters. The van der Waals surface area contributed by atoms with Crippen LogP contribution in [0.2, 0.25) is 0 Å². The van der Waals surface area contributed by atoms with Crippen LogP contribution in [0.5, 0.6) is 5.75 Å². The lowest BCUT2D eigenvalue weighted by molar-refractivity contribution is 0.475. The van der Waals surface area contributed by atoms with E-state index in [0.29, 0.717) is 16.6 Å². The minimum Gasteiger partial charge on any atom is -0.508 e. The molecule has 0 spiro atoms. The van der Waals surface area contributed by atoms with E-state index in [9.17, 15) is 9.90 Å². The molecule has 0 fully saturated rings. The van der Waals surface area contributed by atoms with Crippen LogP contribution in [0.4, 0.5) is 0 Å². The molecule has 5 heteroatoms. The first kappa shape index (κ1) is 11.7. The number of fused-ring (bicyclic) bond motifs is 3. The molecule has 4 aromatic rings. The van der Waals surface area contributed by atoms with Crippen molar-refractivity contribution >= 4 is 21.8 Å². The van der Waals surface area contributed by atoms with Gasteiger partial charge in [-0.25, -0.2) is 5.10 Å². The van der Waals surface area contributed by atoms with Gasteiger partial charge in [0.25, 0.3) is 5.56 Å². The van der Waals surface area contributed by atoms with E-state index in [1.54, 1.807) is 24.3 Å². The maximum atomic E-state index is 12.1. The number of phenols is 1. The van der Waals surface area contributed by atoms with Crippen molar-refractivity contribution in [3.05, 3.63) is 58.9 Å². The van der Waals surface area contributed by atoms with Crippen molar-refractivity contribution < 1.29 is 5.11 Å². The fourth-order valence-electron chi connectivity index (χ4n) is 2.60. The van der Waals surface area contributed by atoms with Crippen molar-refractivity contribution in [3.63, 3.8) is 0 Å². The second kappa shape index (κ2) is 4.21. The maximum Gasteiger partial charge on any atom is 0.274 e. The number of H-pyrrole nitrogens is 2. The Labute approximate surface area is 118 Å². The highest BCUT2D eigenvalue weighted by molar-refractivity contribution is 6.10. The Hall–Kier alpha value is -3.08. The monoisotopic (exact) mass is 277 g/mol. The number of aromatic nitrogens is 3. The Bertz CT molecular complexity index is 1010. The molecule has 2 heterocycles. The van der Waals surface area contributed by atoms with Crippen LogP contribution in [-0.2, 0) is 0 Å². The van der Waals surface area contributed by atoms with Gasteiger partial charge >= 0.3 is 0 Å². The minimum atomic E-state index is -0.218. The molecular weight excluding hydrogens is 266 g/mol. The molecule has 3 N–H and O–H groups in total. The van der Waals surface area contributed by atoms with E-state index < -0.39 is 0 Å². The highest BCUT2D eigenvalue weighted by Gasteiger charge is 2.13. The molecule has 2 aromatic carbocycles. The van der Waals surface area contributed by atoms with Gasteiger partial charge in [0.05, 0.1) is 10.9 Å². The zero-order valence-corrected chi connectivity index (χ0v) is 10.9. The highest BCUT2D eigenvalue weighted by atomic mass is 16.3. The molecule has 0 unspecified atom stereocenters. The number of phenolic OH excluding ortho intramolecular Hbond substituents is 1. The molecule has 0 aliphatic rings. The molecule has 2 aromatic heterocycles. The normalized spacial score (nSPS) is 11.2. The van der Waals surface area contributed by atoms with Crippen LogP contribution in [-0.4, -0.2) is 20.3 Å². The van der Waals surface area contributed by atoms with Crippen molar-refractivity contribution in [1.29, 1.82) is 0 Å². The van der Waals surface area contributed by atoms with Crippen molar-refractivity contribution in [3.8, 4) is 17.0 Å². The number of rotatable bonds is 1. The van der Waals surface area contributed by atoms with Crippen molar-refractivity contribution in [2.24, 2.45) is 0 Å². The van der Waals surface area contributed by atoms with Crippen LogP contribution in [0.15, 0.2) is 53.3 Å². The second-order valence-electron chi connectivity index (χ2n) is 4.87. The van der Waals surface area contributed by atoms with Crippen LogP contribution in [0, 0.1) is 0 Å². The quantitative estimate of drug-likeness (QED) is 0.500. The van der Waals surface area contributed by atoms with Gasteiger partial charge in [-0.2, -0.15) is 5.10 Å². The number of hydrogen-bond acceptors (Lipinski definition) is 3. The Morgan fingerprint density at radius 2 is 1.76 bits per heavy atom. The lowest BCUT2D eigenvalue weighted by Crippen LogP contribution is -2.08. The summed E-state index contributed by atoms with van der Waals surface area (Å²) in [5.41, 5.74) is 2.85. The molecule has 102 valence electrons. The smallest absolute Gasteiger partial charge is 0.274 e. The summed E-state index contributed by atoms with van der Waals surface area (Å²) >= 11 is 0. The first-order valence-corrected chi connectivity index (χ1v) is 6.52. The van der Waals surface area contributed by atoms with Crippen LogP contribution < -0.4 is 5.56 Å². The van der Waals surface area contributed by atoms with E-state index in [1.807, 2.05) is 24.3 Å². The number of benzene rings is 2. The third-order valence-corrected chi connectivity index (χ3v) is 3.58. The SMILES string of the molecule is O=c1[nH]nc(-c2ccc(O)cc2)c2[nH]c3ccccc3c12. The van der Waals surface area contributed by atoms with Crippen LogP contribution in [0.25, 0.3) is 33.1 Å². The molecule has 0 radical (unpaired) electrons. The standard InChI is InChI=1S/C16H11N3O2/c20-10-7-5-9(6-8-10)14-15-13(16(21)19-18-14)11-3-1-2-4-12(11)17-15/h1-8,17,20H,(H,19,21). The second-order valence-corrected chi connectivity index (χ2v) is 4.87. The van der Waals surface area contributed by atoms with Crippen molar-refractivity contribution in [1.82, 2.24) is 15.2 Å². The van der Waals surface area contributed by atoms with Gasteiger partial charge in [-0.05, 0) is 30.3 Å². The van der Waals surface area contributed by atoms with Gasteiger partial charge in [-0.1, -0.05) is 18.2 Å². The molecule has 0 bridgehead atoms. The topological polar surface area (TPSA) is 81.8 Å². The summed E-state index contributed by atoms with van der Waals surface area (Å²) in [5.74, 6) is 0.191. The summed E-state index contributed by atoms with van der Waals surface area (Å²) < 4.78 is 0. The predicted octanol–water partition coefficient (Wildman–Crippen LogP) is 2.78. The van der Waals surface area contributed by atoms with Crippen LogP contribution in [0.1, 0.15) is 0 Å². The summed E-state index contributed by atoms with van der Waals surface area (Å²) in [5, 5.41) is 17.6. The molecule has 0 aliphatic heterocycles. The maximum absolute atomic E-state index is 12.1. The lowest BCUT2D eigenvalue weighted by atomic mass is 10.1. The summed E-state index contributed by atoms with van der Waals surface area (Å²) in [7, 11) is 0. The molecular formula is C16H11N3O2. The molecule has 5 nitrogen and oxygen atoms in total. The van der Waals surface area contributed by atoms with Gasteiger partial charge in [0.15, 0.2) is 0 Å². The predicted molar refractivity (Wildman–Crippen MR) is 81.3 cm³/mol. The van der Waals surface area contributed by atoms with Gasteiger partial charge in [0.2, 0.25) is 0 Å². The van der Waals surface area contributed by atoms with E-state index >= 15 is 0 Å². The molecule has 21 heavy (non-hydrogen) atoms. The van der Waals surface area contributed by atoms with Crippen LogP contribution >= 0.6 is 0 Å². The summed E-state index contributed by atoms with van der Waals surface area (Å²) in [6.07, 6.45) is 0. The number of nitrogens with zero attached hydrogens (tertiary/aromatic N) is 1. The van der Waals surface area contributed by atoms with Gasteiger partial charge in [-0.3, -0.25) is 4.79 Å². The molecule has 4 rings (SSSR count).